The maximum absolute atomic E-state index is 13.1. The van der Waals surface area contributed by atoms with E-state index in [-0.39, 0.29) is 23.8 Å². The fraction of sp³-hybridized carbons (Fsp3) is 0.375. The fourth-order valence-corrected chi connectivity index (χ4v) is 6.66. The number of pyridine rings is 1. The Balaban J connectivity index is 1.23. The summed E-state index contributed by atoms with van der Waals surface area (Å²) in [7, 11) is 5.91. The van der Waals surface area contributed by atoms with E-state index in [4.69, 9.17) is 14.7 Å². The van der Waals surface area contributed by atoms with Crippen molar-refractivity contribution in [1.29, 1.82) is 0 Å². The van der Waals surface area contributed by atoms with Gasteiger partial charge in [-0.15, -0.1) is 0 Å². The van der Waals surface area contributed by atoms with Crippen molar-refractivity contribution in [2.24, 2.45) is 4.99 Å². The molecule has 2 unspecified atom stereocenters. The SMILES string of the molecule is CN(C)Cc1nc(Nc2ccc(C3=C4C5=C(C=CC4N=C3)OCC5)c3c2C(=O)NC3)ccc1C1CCN(C)C(=O)C1. The summed E-state index contributed by atoms with van der Waals surface area (Å²) in [5, 5.41) is 6.48. The topological polar surface area (TPSA) is 99.2 Å². The number of ether oxygens (including phenoxy) is 1. The van der Waals surface area contributed by atoms with E-state index in [1.165, 1.54) is 11.1 Å². The lowest BCUT2D eigenvalue weighted by atomic mass is 9.86. The number of fused-ring (bicyclic) bond motifs is 3. The lowest BCUT2D eigenvalue weighted by molar-refractivity contribution is -0.132. The summed E-state index contributed by atoms with van der Waals surface area (Å²) in [6, 6.07) is 8.13. The number of allylic oxidation sites excluding steroid dienone is 2. The van der Waals surface area contributed by atoms with E-state index in [0.717, 1.165) is 58.8 Å². The molecule has 41 heavy (non-hydrogen) atoms. The molecule has 2 aromatic rings. The first-order valence-corrected chi connectivity index (χ1v) is 14.3. The molecule has 4 aliphatic heterocycles. The smallest absolute Gasteiger partial charge is 0.254 e. The standard InChI is InChI=1S/C32H34N6O3/c1-37(2)17-26-19(18-10-12-38(3)29(39)14-18)5-9-28(36-26)35-25-6-4-20(23-16-34-32(40)31(23)25)22-15-33-24-7-8-27-21(30(22)24)11-13-41-27/h4-9,15,18,24H,10-14,16-17H2,1-3H3,(H,34,40)(H,35,36). The lowest BCUT2D eigenvalue weighted by Crippen LogP contribution is -2.35. The maximum atomic E-state index is 13.1. The highest BCUT2D eigenvalue weighted by Crippen LogP contribution is 2.43. The van der Waals surface area contributed by atoms with Gasteiger partial charge in [0.05, 0.1) is 29.6 Å². The molecule has 1 aliphatic carbocycles. The molecule has 210 valence electrons. The van der Waals surface area contributed by atoms with Crippen molar-refractivity contribution in [3.05, 3.63) is 81.3 Å². The Kier molecular flexibility index (Phi) is 6.27. The van der Waals surface area contributed by atoms with Gasteiger partial charge in [0.15, 0.2) is 0 Å². The van der Waals surface area contributed by atoms with Gasteiger partial charge in [-0.2, -0.15) is 0 Å². The number of aliphatic imine (C=N–C) groups is 1. The van der Waals surface area contributed by atoms with Gasteiger partial charge in [0, 0.05) is 56.9 Å². The third-order valence-corrected chi connectivity index (χ3v) is 8.71. The van der Waals surface area contributed by atoms with Gasteiger partial charge >= 0.3 is 0 Å². The number of hydrogen-bond donors (Lipinski definition) is 2. The second-order valence-electron chi connectivity index (χ2n) is 11.6. The molecular formula is C32H34N6O3. The molecule has 0 saturated carbocycles. The number of carbonyl (C=O) groups excluding carboxylic acids is 2. The predicted molar refractivity (Wildman–Crippen MR) is 158 cm³/mol. The third kappa shape index (κ3) is 4.44. The van der Waals surface area contributed by atoms with E-state index in [0.29, 0.717) is 37.5 Å². The summed E-state index contributed by atoms with van der Waals surface area (Å²) in [4.78, 5) is 39.2. The number of carbonyl (C=O) groups is 2. The fourth-order valence-electron chi connectivity index (χ4n) is 6.66. The van der Waals surface area contributed by atoms with E-state index < -0.39 is 0 Å². The van der Waals surface area contributed by atoms with Gasteiger partial charge < -0.3 is 25.2 Å². The monoisotopic (exact) mass is 550 g/mol. The molecule has 9 heteroatoms. The second kappa shape index (κ2) is 9.99. The zero-order valence-corrected chi connectivity index (χ0v) is 23.7. The molecule has 0 bridgehead atoms. The average molecular weight is 551 g/mol. The molecule has 0 spiro atoms. The first-order chi connectivity index (χ1) is 19.9. The molecule has 0 radical (unpaired) electrons. The van der Waals surface area contributed by atoms with Gasteiger partial charge in [0.25, 0.3) is 5.91 Å². The maximum Gasteiger partial charge on any atom is 0.254 e. The van der Waals surface area contributed by atoms with Crippen molar-refractivity contribution in [2.75, 3.05) is 39.6 Å². The number of anilines is 2. The number of rotatable bonds is 6. The van der Waals surface area contributed by atoms with Crippen LogP contribution in [-0.2, 0) is 22.6 Å². The Morgan fingerprint density at radius 3 is 2.90 bits per heavy atom. The number of piperidine rings is 1. The van der Waals surface area contributed by atoms with E-state index in [1.807, 2.05) is 45.6 Å². The summed E-state index contributed by atoms with van der Waals surface area (Å²) >= 11 is 0. The van der Waals surface area contributed by atoms with Crippen LogP contribution in [0.25, 0.3) is 5.57 Å². The molecular weight excluding hydrogens is 516 g/mol. The lowest BCUT2D eigenvalue weighted by Gasteiger charge is -2.30. The summed E-state index contributed by atoms with van der Waals surface area (Å²) in [6.45, 7) is 2.57. The molecule has 1 aromatic carbocycles. The van der Waals surface area contributed by atoms with Gasteiger partial charge in [0.2, 0.25) is 5.91 Å². The van der Waals surface area contributed by atoms with Gasteiger partial charge in [-0.25, -0.2) is 4.98 Å². The largest absolute Gasteiger partial charge is 0.493 e. The zero-order chi connectivity index (χ0) is 28.2. The summed E-state index contributed by atoms with van der Waals surface area (Å²) < 4.78 is 5.83. The summed E-state index contributed by atoms with van der Waals surface area (Å²) in [6.07, 6.45) is 8.38. The highest BCUT2D eigenvalue weighted by Gasteiger charge is 2.35. The van der Waals surface area contributed by atoms with Crippen LogP contribution in [-0.4, -0.2) is 73.1 Å². The van der Waals surface area contributed by atoms with Gasteiger partial charge in [0.1, 0.15) is 11.6 Å². The van der Waals surface area contributed by atoms with Crippen LogP contribution in [0.1, 0.15) is 57.9 Å². The molecule has 7 rings (SSSR count). The number of amides is 2. The molecule has 2 atom stereocenters. The second-order valence-corrected chi connectivity index (χ2v) is 11.6. The zero-order valence-electron chi connectivity index (χ0n) is 23.7. The van der Waals surface area contributed by atoms with Crippen LogP contribution in [0.15, 0.2) is 58.3 Å². The molecule has 2 N–H and O–H groups in total. The van der Waals surface area contributed by atoms with E-state index in [9.17, 15) is 9.59 Å². The first kappa shape index (κ1) is 25.7. The van der Waals surface area contributed by atoms with Crippen molar-refractivity contribution >= 4 is 35.1 Å². The number of likely N-dealkylation sites (tertiary alicyclic amines) is 1. The summed E-state index contributed by atoms with van der Waals surface area (Å²) in [5.41, 5.74) is 8.95. The minimum Gasteiger partial charge on any atom is -0.493 e. The Labute approximate surface area is 239 Å². The quantitative estimate of drug-likeness (QED) is 0.566. The van der Waals surface area contributed by atoms with E-state index in [1.54, 1.807) is 4.90 Å². The predicted octanol–water partition coefficient (Wildman–Crippen LogP) is 3.92. The molecule has 5 aliphatic rings. The van der Waals surface area contributed by atoms with Crippen molar-refractivity contribution < 1.29 is 14.3 Å². The Bertz CT molecular complexity index is 1600. The molecule has 1 saturated heterocycles. The normalized spacial score (nSPS) is 22.8. The molecule has 1 fully saturated rings. The first-order valence-electron chi connectivity index (χ1n) is 14.3. The number of hydrogen-bond acceptors (Lipinski definition) is 7. The van der Waals surface area contributed by atoms with E-state index in [2.05, 4.69) is 33.7 Å². The van der Waals surface area contributed by atoms with Crippen LogP contribution in [0.3, 0.4) is 0 Å². The van der Waals surface area contributed by atoms with Crippen molar-refractivity contribution in [3.8, 4) is 0 Å². The van der Waals surface area contributed by atoms with Crippen LogP contribution in [0.2, 0.25) is 0 Å². The van der Waals surface area contributed by atoms with Crippen molar-refractivity contribution in [3.63, 3.8) is 0 Å². The van der Waals surface area contributed by atoms with Gasteiger partial charge in [-0.3, -0.25) is 14.6 Å². The minimum absolute atomic E-state index is 0.00153. The van der Waals surface area contributed by atoms with Crippen LogP contribution in [0.4, 0.5) is 11.5 Å². The molecule has 5 heterocycles. The number of nitrogens with zero attached hydrogens (tertiary/aromatic N) is 4. The minimum atomic E-state index is -0.0935. The number of nitrogens with one attached hydrogen (secondary N) is 2. The Hall–Kier alpha value is -4.24. The van der Waals surface area contributed by atoms with Crippen LogP contribution < -0.4 is 10.6 Å². The third-order valence-electron chi connectivity index (χ3n) is 8.71. The summed E-state index contributed by atoms with van der Waals surface area (Å²) in [5.74, 6) is 1.86. The molecule has 1 aromatic heterocycles. The number of aromatic nitrogens is 1. The van der Waals surface area contributed by atoms with Crippen LogP contribution in [0, 0.1) is 0 Å². The Morgan fingerprint density at radius 1 is 1.20 bits per heavy atom. The van der Waals surface area contributed by atoms with E-state index >= 15 is 0 Å². The highest BCUT2D eigenvalue weighted by molar-refractivity contribution is 6.17. The van der Waals surface area contributed by atoms with Crippen molar-refractivity contribution in [2.45, 2.75) is 44.3 Å². The van der Waals surface area contributed by atoms with Crippen LogP contribution >= 0.6 is 0 Å². The Morgan fingerprint density at radius 2 is 2.07 bits per heavy atom. The van der Waals surface area contributed by atoms with Gasteiger partial charge in [-0.05, 0) is 66.9 Å². The van der Waals surface area contributed by atoms with Gasteiger partial charge in [-0.1, -0.05) is 18.2 Å². The average Bonchev–Trinajstić information content (AvgIpc) is 3.69. The number of benzene rings is 1. The highest BCUT2D eigenvalue weighted by atomic mass is 16.5. The molecule has 2 amide bonds. The van der Waals surface area contributed by atoms with Crippen molar-refractivity contribution in [1.82, 2.24) is 20.1 Å². The van der Waals surface area contributed by atoms with Crippen LogP contribution in [0.5, 0.6) is 0 Å². The molecule has 9 nitrogen and oxygen atoms in total.